The number of methoxy groups -OCH3 is 2. The molecule has 7 heteroatoms. The number of hydrogen-bond acceptors (Lipinski definition) is 5. The van der Waals surface area contributed by atoms with Crippen LogP contribution in [0.2, 0.25) is 0 Å². The maximum atomic E-state index is 12.9. The van der Waals surface area contributed by atoms with Crippen molar-refractivity contribution in [3.05, 3.63) is 71.3 Å². The number of amides is 1. The molecule has 7 nitrogen and oxygen atoms in total. The summed E-state index contributed by atoms with van der Waals surface area (Å²) in [4.78, 5) is 14.5. The molecule has 1 amide bonds. The number of fused-ring (bicyclic) bond motifs is 1. The number of aromatic nitrogens is 3. The number of nitrogens with zero attached hydrogens (tertiary/aromatic N) is 3. The van der Waals surface area contributed by atoms with Crippen LogP contribution in [-0.2, 0) is 6.42 Å². The largest absolute Gasteiger partial charge is 0.497 e. The van der Waals surface area contributed by atoms with E-state index >= 15 is 0 Å². The Morgan fingerprint density at radius 1 is 0.939 bits per heavy atom. The number of rotatable bonds is 8. The zero-order valence-electron chi connectivity index (χ0n) is 19.4. The van der Waals surface area contributed by atoms with Gasteiger partial charge in [-0.2, -0.15) is 4.80 Å². The second-order valence-electron chi connectivity index (χ2n) is 7.97. The van der Waals surface area contributed by atoms with E-state index in [1.165, 1.54) is 18.4 Å². The van der Waals surface area contributed by atoms with E-state index < -0.39 is 0 Å². The predicted octanol–water partition coefficient (Wildman–Crippen LogP) is 5.34. The molecular formula is C26H28N4O3. The number of ether oxygens (including phenoxy) is 2. The Kier molecular flexibility index (Phi) is 6.58. The van der Waals surface area contributed by atoms with Crippen molar-refractivity contribution in [2.24, 2.45) is 0 Å². The molecule has 0 saturated heterocycles. The van der Waals surface area contributed by atoms with Gasteiger partial charge in [0.05, 0.1) is 19.9 Å². The molecule has 0 saturated carbocycles. The van der Waals surface area contributed by atoms with Crippen molar-refractivity contribution in [2.45, 2.75) is 33.1 Å². The van der Waals surface area contributed by atoms with Gasteiger partial charge in [0.2, 0.25) is 0 Å². The van der Waals surface area contributed by atoms with E-state index in [9.17, 15) is 4.79 Å². The molecular weight excluding hydrogens is 416 g/mol. The maximum absolute atomic E-state index is 12.9. The van der Waals surface area contributed by atoms with E-state index in [4.69, 9.17) is 9.47 Å². The number of aryl methyl sites for hydroxylation is 2. The lowest BCUT2D eigenvalue weighted by Gasteiger charge is -2.11. The third-order valence-electron chi connectivity index (χ3n) is 5.57. The first kappa shape index (κ1) is 22.3. The van der Waals surface area contributed by atoms with Crippen molar-refractivity contribution in [3.63, 3.8) is 0 Å². The Labute approximate surface area is 193 Å². The van der Waals surface area contributed by atoms with Gasteiger partial charge in [0.15, 0.2) is 0 Å². The maximum Gasteiger partial charge on any atom is 0.255 e. The van der Waals surface area contributed by atoms with Crippen molar-refractivity contribution in [3.8, 4) is 17.2 Å². The van der Waals surface area contributed by atoms with Crippen molar-refractivity contribution < 1.29 is 14.3 Å². The highest BCUT2D eigenvalue weighted by Crippen LogP contribution is 2.26. The summed E-state index contributed by atoms with van der Waals surface area (Å²) in [6.07, 6.45) is 3.43. The van der Waals surface area contributed by atoms with Gasteiger partial charge in [0, 0.05) is 17.3 Å². The van der Waals surface area contributed by atoms with E-state index in [-0.39, 0.29) is 5.91 Å². The van der Waals surface area contributed by atoms with Crippen LogP contribution in [-0.4, -0.2) is 35.1 Å². The number of anilines is 1. The summed E-state index contributed by atoms with van der Waals surface area (Å²) in [5.41, 5.74) is 5.70. The molecule has 0 fully saturated rings. The van der Waals surface area contributed by atoms with Crippen LogP contribution < -0.4 is 14.8 Å². The lowest BCUT2D eigenvalue weighted by atomic mass is 10.1. The van der Waals surface area contributed by atoms with Crippen LogP contribution in [0, 0.1) is 6.92 Å². The van der Waals surface area contributed by atoms with E-state index in [2.05, 4.69) is 34.6 Å². The van der Waals surface area contributed by atoms with E-state index in [1.54, 1.807) is 37.2 Å². The summed E-state index contributed by atoms with van der Waals surface area (Å²) in [7, 11) is 3.10. The predicted molar refractivity (Wildman–Crippen MR) is 130 cm³/mol. The van der Waals surface area contributed by atoms with Gasteiger partial charge in [-0.05, 0) is 67.3 Å². The van der Waals surface area contributed by atoms with Gasteiger partial charge in [-0.15, -0.1) is 10.2 Å². The van der Waals surface area contributed by atoms with Gasteiger partial charge in [0.1, 0.15) is 22.5 Å². The molecule has 1 N–H and O–H groups in total. The van der Waals surface area contributed by atoms with Crippen LogP contribution in [0.3, 0.4) is 0 Å². The molecule has 1 aromatic heterocycles. The monoisotopic (exact) mass is 444 g/mol. The average Bonchev–Trinajstić information content (AvgIpc) is 3.25. The Balaban J connectivity index is 1.58. The molecule has 0 aliphatic rings. The molecule has 4 rings (SSSR count). The minimum atomic E-state index is -0.260. The molecule has 0 aliphatic carbocycles. The zero-order valence-corrected chi connectivity index (χ0v) is 19.4. The highest BCUT2D eigenvalue weighted by Gasteiger charge is 2.14. The summed E-state index contributed by atoms with van der Waals surface area (Å²) < 4.78 is 10.5. The van der Waals surface area contributed by atoms with Crippen LogP contribution in [0.1, 0.15) is 41.3 Å². The van der Waals surface area contributed by atoms with E-state index in [0.29, 0.717) is 28.3 Å². The lowest BCUT2D eigenvalue weighted by molar-refractivity contribution is 0.102. The van der Waals surface area contributed by atoms with Crippen molar-refractivity contribution in [1.29, 1.82) is 0 Å². The van der Waals surface area contributed by atoms with Crippen molar-refractivity contribution in [2.75, 3.05) is 19.5 Å². The van der Waals surface area contributed by atoms with Gasteiger partial charge in [-0.1, -0.05) is 25.5 Å². The summed E-state index contributed by atoms with van der Waals surface area (Å²) >= 11 is 0. The second kappa shape index (κ2) is 9.73. The number of carbonyl (C=O) groups excluding carboxylic acids is 1. The number of unbranched alkanes of at least 4 members (excludes halogenated alkanes) is 1. The third kappa shape index (κ3) is 4.98. The SMILES string of the molecule is CCCCc1ccc(-n2nc3cc(C)c(NC(=O)c4cc(OC)cc(OC)c4)cc3n2)cc1. The van der Waals surface area contributed by atoms with Gasteiger partial charge in [-0.25, -0.2) is 0 Å². The van der Waals surface area contributed by atoms with E-state index in [1.807, 2.05) is 31.2 Å². The fraction of sp³-hybridized carbons (Fsp3) is 0.269. The smallest absolute Gasteiger partial charge is 0.255 e. The quantitative estimate of drug-likeness (QED) is 0.397. The van der Waals surface area contributed by atoms with Crippen LogP contribution in [0.4, 0.5) is 5.69 Å². The Morgan fingerprint density at radius 2 is 1.58 bits per heavy atom. The molecule has 0 radical (unpaired) electrons. The normalized spacial score (nSPS) is 10.9. The molecule has 0 atom stereocenters. The molecule has 0 bridgehead atoms. The average molecular weight is 445 g/mol. The third-order valence-corrected chi connectivity index (χ3v) is 5.57. The minimum Gasteiger partial charge on any atom is -0.497 e. The number of benzene rings is 3. The lowest BCUT2D eigenvalue weighted by Crippen LogP contribution is -2.13. The minimum absolute atomic E-state index is 0.260. The van der Waals surface area contributed by atoms with Crippen LogP contribution in [0.25, 0.3) is 16.7 Å². The summed E-state index contributed by atoms with van der Waals surface area (Å²) in [6, 6.07) is 17.2. The highest BCUT2D eigenvalue weighted by molar-refractivity contribution is 6.06. The van der Waals surface area contributed by atoms with Crippen LogP contribution in [0.15, 0.2) is 54.6 Å². The van der Waals surface area contributed by atoms with Crippen molar-refractivity contribution >= 4 is 22.6 Å². The molecule has 33 heavy (non-hydrogen) atoms. The molecule has 4 aromatic rings. The molecule has 3 aromatic carbocycles. The molecule has 170 valence electrons. The van der Waals surface area contributed by atoms with E-state index in [0.717, 1.165) is 23.2 Å². The number of carbonyl (C=O) groups is 1. The molecule has 0 aliphatic heterocycles. The fourth-order valence-electron chi connectivity index (χ4n) is 3.63. The summed E-state index contributed by atoms with van der Waals surface area (Å²) in [5, 5.41) is 12.2. The Morgan fingerprint density at radius 3 is 2.18 bits per heavy atom. The molecule has 0 unspecified atom stereocenters. The first-order valence-electron chi connectivity index (χ1n) is 11.0. The second-order valence-corrected chi connectivity index (χ2v) is 7.97. The van der Waals surface area contributed by atoms with Gasteiger partial charge < -0.3 is 14.8 Å². The van der Waals surface area contributed by atoms with Crippen molar-refractivity contribution in [1.82, 2.24) is 15.0 Å². The molecule has 1 heterocycles. The first-order chi connectivity index (χ1) is 16.0. The van der Waals surface area contributed by atoms with Gasteiger partial charge in [0.25, 0.3) is 5.91 Å². The Hall–Kier alpha value is -3.87. The highest BCUT2D eigenvalue weighted by atomic mass is 16.5. The summed E-state index contributed by atoms with van der Waals surface area (Å²) in [5.74, 6) is 0.843. The van der Waals surface area contributed by atoms with Gasteiger partial charge >= 0.3 is 0 Å². The molecule has 0 spiro atoms. The Bertz CT molecular complexity index is 1260. The number of hydrogen-bond donors (Lipinski definition) is 1. The van der Waals surface area contributed by atoms with Crippen LogP contribution >= 0.6 is 0 Å². The fourth-order valence-corrected chi connectivity index (χ4v) is 3.63. The van der Waals surface area contributed by atoms with Gasteiger partial charge in [-0.3, -0.25) is 4.79 Å². The zero-order chi connectivity index (χ0) is 23.4. The first-order valence-corrected chi connectivity index (χ1v) is 11.0. The topological polar surface area (TPSA) is 78.3 Å². The number of nitrogens with one attached hydrogen (secondary N) is 1. The van der Waals surface area contributed by atoms with Crippen LogP contribution in [0.5, 0.6) is 11.5 Å². The summed E-state index contributed by atoms with van der Waals surface area (Å²) in [6.45, 7) is 4.13. The standard InChI is InChI=1S/C26H28N4O3/c1-5-6-7-18-8-10-20(11-9-18)30-28-24-12-17(2)23(16-25(24)29-30)27-26(31)19-13-21(32-3)15-22(14-19)33-4/h8-16H,5-7H2,1-4H3,(H,27,31).